The van der Waals surface area contributed by atoms with E-state index in [0.717, 1.165) is 24.2 Å². The number of aryl methyl sites for hydroxylation is 1. The first-order valence-corrected chi connectivity index (χ1v) is 7.17. The maximum atomic E-state index is 10.9. The number of hydrogen-bond donors (Lipinski definition) is 1. The first-order chi connectivity index (χ1) is 10.3. The van der Waals surface area contributed by atoms with Crippen molar-refractivity contribution in [1.29, 1.82) is 0 Å². The highest BCUT2D eigenvalue weighted by atomic mass is 16.6. The molecule has 0 saturated heterocycles. The quantitative estimate of drug-likeness (QED) is 0.555. The van der Waals surface area contributed by atoms with Crippen molar-refractivity contribution in [1.82, 2.24) is 4.90 Å². The van der Waals surface area contributed by atoms with Crippen molar-refractivity contribution in [2.24, 2.45) is 0 Å². The molecule has 0 unspecified atom stereocenters. The molecule has 1 aromatic carbocycles. The van der Waals surface area contributed by atoms with Gasteiger partial charge < -0.3 is 14.9 Å². The molecule has 0 saturated carbocycles. The lowest BCUT2D eigenvalue weighted by atomic mass is 10.1. The topological polar surface area (TPSA) is 86.9 Å². The van der Waals surface area contributed by atoms with Crippen LogP contribution < -0.4 is 4.90 Å². The van der Waals surface area contributed by atoms with Crippen LogP contribution in [-0.4, -0.2) is 54.6 Å². The third-order valence-electron chi connectivity index (χ3n) is 3.37. The van der Waals surface area contributed by atoms with E-state index >= 15 is 0 Å². The number of benzene rings is 1. The largest absolute Gasteiger partial charge is 0.481 e. The van der Waals surface area contributed by atoms with Crippen molar-refractivity contribution in [3.63, 3.8) is 0 Å². The molecule has 1 N–H and O–H groups in total. The van der Waals surface area contributed by atoms with Crippen LogP contribution in [-0.2, 0) is 4.79 Å². The van der Waals surface area contributed by atoms with E-state index in [2.05, 4.69) is 4.90 Å². The van der Waals surface area contributed by atoms with E-state index in [-0.39, 0.29) is 12.1 Å². The molecule has 0 aliphatic carbocycles. The van der Waals surface area contributed by atoms with E-state index in [1.165, 1.54) is 12.1 Å². The van der Waals surface area contributed by atoms with Gasteiger partial charge in [0.1, 0.15) is 0 Å². The van der Waals surface area contributed by atoms with Crippen molar-refractivity contribution in [2.75, 3.05) is 38.6 Å². The minimum absolute atomic E-state index is 0.00406. The van der Waals surface area contributed by atoms with Crippen LogP contribution in [0.1, 0.15) is 18.4 Å². The van der Waals surface area contributed by atoms with E-state index in [9.17, 15) is 14.9 Å². The van der Waals surface area contributed by atoms with E-state index < -0.39 is 10.9 Å². The number of nitro benzene ring substituents is 1. The molecule has 0 fully saturated rings. The monoisotopic (exact) mass is 309 g/mol. The van der Waals surface area contributed by atoms with Crippen LogP contribution in [0.5, 0.6) is 0 Å². The Balaban J connectivity index is 2.94. The van der Waals surface area contributed by atoms with Crippen LogP contribution in [0.25, 0.3) is 0 Å². The Morgan fingerprint density at radius 3 is 2.50 bits per heavy atom. The number of nitro groups is 1. The molecule has 0 radical (unpaired) electrons. The Bertz CT molecular complexity index is 532. The van der Waals surface area contributed by atoms with Crippen molar-refractivity contribution < 1.29 is 14.8 Å². The van der Waals surface area contributed by atoms with Gasteiger partial charge in [-0.2, -0.15) is 0 Å². The highest BCUT2D eigenvalue weighted by Crippen LogP contribution is 2.26. The molecule has 0 aliphatic rings. The number of nitrogens with zero attached hydrogens (tertiary/aromatic N) is 3. The van der Waals surface area contributed by atoms with Gasteiger partial charge >= 0.3 is 5.97 Å². The Labute approximate surface area is 130 Å². The Morgan fingerprint density at radius 1 is 1.27 bits per heavy atom. The highest BCUT2D eigenvalue weighted by molar-refractivity contribution is 5.68. The molecule has 0 aliphatic heterocycles. The average Bonchev–Trinajstić information content (AvgIpc) is 2.42. The Morgan fingerprint density at radius 2 is 1.95 bits per heavy atom. The summed E-state index contributed by atoms with van der Waals surface area (Å²) in [6.07, 6.45) is 0.860. The number of rotatable bonds is 9. The second-order valence-corrected chi connectivity index (χ2v) is 5.52. The van der Waals surface area contributed by atoms with Crippen molar-refractivity contribution >= 4 is 17.3 Å². The molecule has 0 amide bonds. The number of carboxylic acid groups (broad SMARTS) is 1. The van der Waals surface area contributed by atoms with E-state index in [0.29, 0.717) is 13.1 Å². The third kappa shape index (κ3) is 5.69. The van der Waals surface area contributed by atoms with Gasteiger partial charge in [-0.05, 0) is 39.5 Å². The van der Waals surface area contributed by atoms with Gasteiger partial charge in [0, 0.05) is 30.9 Å². The molecule has 7 heteroatoms. The molecule has 22 heavy (non-hydrogen) atoms. The van der Waals surface area contributed by atoms with Crippen molar-refractivity contribution in [2.45, 2.75) is 19.8 Å². The molecule has 0 atom stereocenters. The maximum Gasteiger partial charge on any atom is 0.305 e. The normalized spacial score (nSPS) is 10.7. The molecular formula is C15H23N3O4. The summed E-state index contributed by atoms with van der Waals surface area (Å²) in [7, 11) is 3.94. The highest BCUT2D eigenvalue weighted by Gasteiger charge is 2.15. The minimum atomic E-state index is -0.874. The SMILES string of the molecule is Cc1ccc([N+](=O)[O-])cc1N(CCCN(C)C)CCC(=O)O. The fraction of sp³-hybridized carbons (Fsp3) is 0.533. The fourth-order valence-corrected chi connectivity index (χ4v) is 2.21. The average molecular weight is 309 g/mol. The summed E-state index contributed by atoms with van der Waals surface area (Å²) in [6, 6.07) is 4.69. The van der Waals surface area contributed by atoms with E-state index in [1.807, 2.05) is 25.9 Å². The van der Waals surface area contributed by atoms with Gasteiger partial charge in [0.2, 0.25) is 0 Å². The van der Waals surface area contributed by atoms with Crippen LogP contribution in [0.3, 0.4) is 0 Å². The number of anilines is 1. The third-order valence-corrected chi connectivity index (χ3v) is 3.37. The van der Waals surface area contributed by atoms with Crippen LogP contribution in [0.15, 0.2) is 18.2 Å². The Hall–Kier alpha value is -2.15. The van der Waals surface area contributed by atoms with Crippen LogP contribution in [0, 0.1) is 17.0 Å². The van der Waals surface area contributed by atoms with E-state index in [4.69, 9.17) is 5.11 Å². The molecular weight excluding hydrogens is 286 g/mol. The molecule has 0 aromatic heterocycles. The van der Waals surface area contributed by atoms with Crippen LogP contribution in [0.2, 0.25) is 0 Å². The number of carbonyl (C=O) groups is 1. The number of hydrogen-bond acceptors (Lipinski definition) is 5. The summed E-state index contributed by atoms with van der Waals surface area (Å²) >= 11 is 0. The van der Waals surface area contributed by atoms with Gasteiger partial charge in [0.05, 0.1) is 11.3 Å². The van der Waals surface area contributed by atoms with Gasteiger partial charge in [-0.25, -0.2) is 0 Å². The fourth-order valence-electron chi connectivity index (χ4n) is 2.21. The predicted octanol–water partition coefficient (Wildman–Crippen LogP) is 2.14. The molecule has 0 heterocycles. The van der Waals surface area contributed by atoms with Crippen LogP contribution in [0.4, 0.5) is 11.4 Å². The first-order valence-electron chi connectivity index (χ1n) is 7.17. The first kappa shape index (κ1) is 17.9. The standard InChI is InChI=1S/C15H23N3O4/c1-12-5-6-13(18(21)22)11-14(12)17(10-7-15(19)20)9-4-8-16(2)3/h5-6,11H,4,7-10H2,1-3H3,(H,19,20). The molecule has 1 rings (SSSR count). The molecule has 0 spiro atoms. The Kier molecular flexibility index (Phi) is 6.78. The predicted molar refractivity (Wildman–Crippen MR) is 85.5 cm³/mol. The second kappa shape index (κ2) is 8.33. The summed E-state index contributed by atoms with van der Waals surface area (Å²) < 4.78 is 0. The van der Waals surface area contributed by atoms with Crippen molar-refractivity contribution in [3.05, 3.63) is 33.9 Å². The van der Waals surface area contributed by atoms with E-state index in [1.54, 1.807) is 6.07 Å². The van der Waals surface area contributed by atoms with Crippen molar-refractivity contribution in [3.8, 4) is 0 Å². The zero-order chi connectivity index (χ0) is 16.7. The second-order valence-electron chi connectivity index (χ2n) is 5.52. The van der Waals surface area contributed by atoms with Gasteiger partial charge in [0.15, 0.2) is 0 Å². The number of non-ortho nitro benzene ring substituents is 1. The lowest BCUT2D eigenvalue weighted by molar-refractivity contribution is -0.384. The lowest BCUT2D eigenvalue weighted by Crippen LogP contribution is -2.30. The lowest BCUT2D eigenvalue weighted by Gasteiger charge is -2.26. The van der Waals surface area contributed by atoms with Gasteiger partial charge in [-0.3, -0.25) is 14.9 Å². The summed E-state index contributed by atoms with van der Waals surface area (Å²) in [4.78, 5) is 25.3. The summed E-state index contributed by atoms with van der Waals surface area (Å²) in [5.74, 6) is -0.874. The zero-order valence-electron chi connectivity index (χ0n) is 13.3. The van der Waals surface area contributed by atoms with Crippen LogP contribution >= 0.6 is 0 Å². The zero-order valence-corrected chi connectivity index (χ0v) is 13.3. The summed E-state index contributed by atoms with van der Waals surface area (Å²) in [6.45, 7) is 3.74. The molecule has 122 valence electrons. The van der Waals surface area contributed by atoms with Gasteiger partial charge in [-0.15, -0.1) is 0 Å². The summed E-state index contributed by atoms with van der Waals surface area (Å²) in [5.41, 5.74) is 1.66. The number of carboxylic acids is 1. The molecule has 1 aromatic rings. The molecule has 7 nitrogen and oxygen atoms in total. The summed E-state index contributed by atoms with van der Waals surface area (Å²) in [5, 5.41) is 19.8. The maximum absolute atomic E-state index is 10.9. The smallest absolute Gasteiger partial charge is 0.305 e. The molecule has 0 bridgehead atoms. The minimum Gasteiger partial charge on any atom is -0.481 e. The number of aliphatic carboxylic acids is 1. The van der Waals surface area contributed by atoms with Gasteiger partial charge in [-0.1, -0.05) is 6.07 Å². The van der Waals surface area contributed by atoms with Gasteiger partial charge in [0.25, 0.3) is 5.69 Å².